The lowest BCUT2D eigenvalue weighted by molar-refractivity contribution is -0.0355. The Hall–Kier alpha value is -1.80. The molecule has 1 fully saturated rings. The summed E-state index contributed by atoms with van der Waals surface area (Å²) < 4.78 is 20.0. The number of aromatic nitrogens is 2. The van der Waals surface area contributed by atoms with E-state index in [1.54, 1.807) is 25.1 Å². The number of aliphatic hydroxyl groups is 1. The van der Waals surface area contributed by atoms with Gasteiger partial charge in [-0.2, -0.15) is 4.98 Å². The van der Waals surface area contributed by atoms with Gasteiger partial charge in [0.15, 0.2) is 5.82 Å². The number of nitrogens with zero attached hydrogens (tertiary/aromatic N) is 4. The highest BCUT2D eigenvalue weighted by Gasteiger charge is 2.36. The van der Waals surface area contributed by atoms with Gasteiger partial charge in [0.05, 0.1) is 12.9 Å². The summed E-state index contributed by atoms with van der Waals surface area (Å²) in [6.45, 7) is -0.412. The van der Waals surface area contributed by atoms with E-state index >= 15 is 0 Å². The van der Waals surface area contributed by atoms with E-state index in [4.69, 9.17) is 9.84 Å². The molecule has 1 aromatic heterocycles. The largest absolute Gasteiger partial charge is 0.394 e. The smallest absolute Gasteiger partial charge is 0.351 e. The van der Waals surface area contributed by atoms with Crippen molar-refractivity contribution in [3.63, 3.8) is 0 Å². The molecule has 3 atom stereocenters. The third-order valence-corrected chi connectivity index (χ3v) is 2.89. The molecular weight excluding hydrogens is 267 g/mol. The molecule has 0 bridgehead atoms. The number of aliphatic imine (C=N–C) groups is 1. The second-order valence-corrected chi connectivity index (χ2v) is 4.75. The van der Waals surface area contributed by atoms with E-state index in [0.717, 1.165) is 0 Å². The van der Waals surface area contributed by atoms with Gasteiger partial charge in [0.1, 0.15) is 18.5 Å². The molecule has 1 saturated heterocycles. The molecule has 20 heavy (non-hydrogen) atoms. The van der Waals surface area contributed by atoms with Crippen LogP contribution in [0.3, 0.4) is 0 Å². The molecule has 0 aliphatic carbocycles. The first kappa shape index (κ1) is 14.6. The summed E-state index contributed by atoms with van der Waals surface area (Å²) in [5.41, 5.74) is -0.561. The summed E-state index contributed by atoms with van der Waals surface area (Å²) in [4.78, 5) is 21.4. The van der Waals surface area contributed by atoms with Crippen LogP contribution in [0.25, 0.3) is 0 Å². The van der Waals surface area contributed by atoms with Crippen molar-refractivity contribution in [3.05, 3.63) is 22.7 Å². The fourth-order valence-electron chi connectivity index (χ4n) is 1.89. The molecule has 0 radical (unpaired) electrons. The highest BCUT2D eigenvalue weighted by Crippen LogP contribution is 2.29. The van der Waals surface area contributed by atoms with Gasteiger partial charge in [0.2, 0.25) is 0 Å². The molecule has 8 heteroatoms. The molecule has 2 rings (SSSR count). The van der Waals surface area contributed by atoms with Gasteiger partial charge in [-0.15, -0.1) is 0 Å². The van der Waals surface area contributed by atoms with E-state index in [1.165, 1.54) is 17.1 Å². The van der Waals surface area contributed by atoms with Gasteiger partial charge >= 0.3 is 5.69 Å². The minimum absolute atomic E-state index is 0.0210. The summed E-state index contributed by atoms with van der Waals surface area (Å²) in [6.07, 6.45) is 0.0928. The Kier molecular flexibility index (Phi) is 4.46. The summed E-state index contributed by atoms with van der Waals surface area (Å²) in [7, 11) is 3.60. The number of halogens is 1. The van der Waals surface area contributed by atoms with Crippen molar-refractivity contribution in [2.75, 3.05) is 20.7 Å². The van der Waals surface area contributed by atoms with Gasteiger partial charge < -0.3 is 14.7 Å². The molecular formula is C12H17FN4O3. The summed E-state index contributed by atoms with van der Waals surface area (Å²) >= 11 is 0. The highest BCUT2D eigenvalue weighted by molar-refractivity contribution is 5.58. The lowest BCUT2D eigenvalue weighted by Gasteiger charge is -2.13. The number of rotatable bonds is 4. The number of alkyl halides is 1. The summed E-state index contributed by atoms with van der Waals surface area (Å²) in [5, 5.41) is 8.94. The molecule has 0 aromatic carbocycles. The molecule has 0 saturated carbocycles. The topological polar surface area (TPSA) is 80.0 Å². The van der Waals surface area contributed by atoms with Gasteiger partial charge in [-0.3, -0.25) is 4.57 Å². The summed E-state index contributed by atoms with van der Waals surface area (Å²) in [6, 6.07) is 1.55. The lowest BCUT2D eigenvalue weighted by atomic mass is 10.2. The molecule has 2 heterocycles. The van der Waals surface area contributed by atoms with Crippen molar-refractivity contribution >= 4 is 12.2 Å². The molecule has 1 aromatic rings. The van der Waals surface area contributed by atoms with Crippen LogP contribution in [0.5, 0.6) is 0 Å². The zero-order chi connectivity index (χ0) is 14.7. The third kappa shape index (κ3) is 3.20. The SMILES string of the molecule is CN(C)C=Nc1ccn([C@H]2C[C@H](F)[C@@H](CO)O2)c(=O)n1. The monoisotopic (exact) mass is 284 g/mol. The van der Waals surface area contributed by atoms with Crippen LogP contribution in [0, 0.1) is 0 Å². The second-order valence-electron chi connectivity index (χ2n) is 4.75. The quantitative estimate of drug-likeness (QED) is 0.626. The minimum Gasteiger partial charge on any atom is -0.394 e. The Morgan fingerprint density at radius 2 is 2.45 bits per heavy atom. The van der Waals surface area contributed by atoms with E-state index in [1.807, 2.05) is 0 Å². The molecule has 1 aliphatic rings. The zero-order valence-electron chi connectivity index (χ0n) is 11.3. The van der Waals surface area contributed by atoms with Crippen LogP contribution in [0.1, 0.15) is 12.6 Å². The van der Waals surface area contributed by atoms with Crippen LogP contribution in [0.15, 0.2) is 22.1 Å². The van der Waals surface area contributed by atoms with E-state index in [-0.39, 0.29) is 12.2 Å². The van der Waals surface area contributed by atoms with Crippen molar-refractivity contribution in [1.29, 1.82) is 0 Å². The van der Waals surface area contributed by atoms with E-state index in [2.05, 4.69) is 9.98 Å². The van der Waals surface area contributed by atoms with Gasteiger partial charge in [-0.1, -0.05) is 0 Å². The van der Waals surface area contributed by atoms with Gasteiger partial charge in [-0.05, 0) is 6.07 Å². The maximum Gasteiger partial charge on any atom is 0.351 e. The van der Waals surface area contributed by atoms with Crippen LogP contribution in [0.4, 0.5) is 10.2 Å². The second kappa shape index (κ2) is 6.10. The third-order valence-electron chi connectivity index (χ3n) is 2.89. The van der Waals surface area contributed by atoms with Crippen LogP contribution >= 0.6 is 0 Å². The van der Waals surface area contributed by atoms with E-state index < -0.39 is 30.8 Å². The zero-order valence-corrected chi connectivity index (χ0v) is 11.3. The molecule has 0 unspecified atom stereocenters. The molecule has 0 amide bonds. The first-order valence-electron chi connectivity index (χ1n) is 6.21. The molecule has 0 spiro atoms. The van der Waals surface area contributed by atoms with Crippen LogP contribution in [-0.2, 0) is 4.74 Å². The van der Waals surface area contributed by atoms with Crippen LogP contribution in [-0.4, -0.2) is 58.9 Å². The van der Waals surface area contributed by atoms with Crippen LogP contribution < -0.4 is 5.69 Å². The van der Waals surface area contributed by atoms with E-state index in [0.29, 0.717) is 0 Å². The van der Waals surface area contributed by atoms with Crippen molar-refractivity contribution in [3.8, 4) is 0 Å². The van der Waals surface area contributed by atoms with Crippen molar-refractivity contribution in [2.45, 2.75) is 24.9 Å². The van der Waals surface area contributed by atoms with Gasteiger partial charge in [0.25, 0.3) is 0 Å². The Bertz CT molecular complexity index is 546. The minimum atomic E-state index is -1.29. The Labute approximate surface area is 115 Å². The van der Waals surface area contributed by atoms with Crippen molar-refractivity contribution < 1.29 is 14.2 Å². The average molecular weight is 284 g/mol. The fourth-order valence-corrected chi connectivity index (χ4v) is 1.89. The van der Waals surface area contributed by atoms with Gasteiger partial charge in [-0.25, -0.2) is 14.2 Å². The summed E-state index contributed by atoms with van der Waals surface area (Å²) in [5.74, 6) is 0.272. The standard InChI is InChI=1S/C12H17FN4O3/c1-16(2)7-14-10-3-4-17(12(19)15-10)11-5-8(13)9(6-18)20-11/h3-4,7-9,11,18H,5-6H2,1-2H3/t8-,9+,11+/m0/s1. The normalized spacial score (nSPS) is 26.3. The highest BCUT2D eigenvalue weighted by atomic mass is 19.1. The molecule has 110 valence electrons. The molecule has 1 N–H and O–H groups in total. The maximum atomic E-state index is 13.5. The van der Waals surface area contributed by atoms with Crippen molar-refractivity contribution in [1.82, 2.24) is 14.5 Å². The average Bonchev–Trinajstić information content (AvgIpc) is 2.77. The first-order valence-corrected chi connectivity index (χ1v) is 6.21. The van der Waals surface area contributed by atoms with Gasteiger partial charge in [0, 0.05) is 26.7 Å². The molecule has 7 nitrogen and oxygen atoms in total. The lowest BCUT2D eigenvalue weighted by Crippen LogP contribution is -2.27. The number of hydrogen-bond donors (Lipinski definition) is 1. The van der Waals surface area contributed by atoms with Crippen LogP contribution in [0.2, 0.25) is 0 Å². The maximum absolute atomic E-state index is 13.5. The fraction of sp³-hybridized carbons (Fsp3) is 0.583. The number of hydrogen-bond acceptors (Lipinski definition) is 5. The molecule has 1 aliphatic heterocycles. The number of aliphatic hydroxyl groups excluding tert-OH is 1. The predicted molar refractivity (Wildman–Crippen MR) is 70.8 cm³/mol. The van der Waals surface area contributed by atoms with Crippen molar-refractivity contribution in [2.24, 2.45) is 4.99 Å². The Balaban J connectivity index is 2.17. The predicted octanol–water partition coefficient (Wildman–Crippen LogP) is 0.0826. The Morgan fingerprint density at radius 3 is 3.00 bits per heavy atom. The first-order chi connectivity index (χ1) is 9.51. The van der Waals surface area contributed by atoms with E-state index in [9.17, 15) is 9.18 Å². The Morgan fingerprint density at radius 1 is 1.70 bits per heavy atom. The number of ether oxygens (including phenoxy) is 1.